The molecule has 8 heteroatoms. The SMILES string of the molecule is Cc1cc(C)n2nc(CC(=O)NCc3c(C)cc(C)[nH]c3=O)nc2n1. The van der Waals surface area contributed by atoms with Gasteiger partial charge in [-0.2, -0.15) is 4.98 Å². The molecule has 3 aromatic rings. The van der Waals surface area contributed by atoms with Gasteiger partial charge in [0.15, 0.2) is 5.82 Å². The Balaban J connectivity index is 1.71. The zero-order valence-corrected chi connectivity index (χ0v) is 14.7. The highest BCUT2D eigenvalue weighted by atomic mass is 16.1. The predicted molar refractivity (Wildman–Crippen MR) is 92.3 cm³/mol. The van der Waals surface area contributed by atoms with E-state index in [1.54, 1.807) is 4.52 Å². The molecule has 0 aliphatic heterocycles. The molecule has 3 aromatic heterocycles. The third kappa shape index (κ3) is 3.57. The van der Waals surface area contributed by atoms with E-state index in [-0.39, 0.29) is 24.4 Å². The first-order valence-corrected chi connectivity index (χ1v) is 7.99. The number of H-pyrrole nitrogens is 1. The molecule has 2 N–H and O–H groups in total. The maximum absolute atomic E-state index is 12.2. The van der Waals surface area contributed by atoms with Crippen molar-refractivity contribution in [1.82, 2.24) is 29.9 Å². The quantitative estimate of drug-likeness (QED) is 0.734. The van der Waals surface area contributed by atoms with Gasteiger partial charge in [-0.3, -0.25) is 9.59 Å². The first-order valence-electron chi connectivity index (χ1n) is 7.99. The molecule has 0 aliphatic rings. The molecule has 0 aliphatic carbocycles. The lowest BCUT2D eigenvalue weighted by Crippen LogP contribution is -2.29. The van der Waals surface area contributed by atoms with E-state index in [0.29, 0.717) is 17.2 Å². The van der Waals surface area contributed by atoms with Gasteiger partial charge in [-0.25, -0.2) is 9.50 Å². The zero-order chi connectivity index (χ0) is 18.1. The van der Waals surface area contributed by atoms with E-state index < -0.39 is 0 Å². The average Bonchev–Trinajstić information content (AvgIpc) is 2.88. The van der Waals surface area contributed by atoms with Gasteiger partial charge in [-0.05, 0) is 45.4 Å². The van der Waals surface area contributed by atoms with Crippen molar-refractivity contribution >= 4 is 11.7 Å². The van der Waals surface area contributed by atoms with Crippen LogP contribution in [0, 0.1) is 27.7 Å². The number of pyridine rings is 1. The Labute approximate surface area is 144 Å². The van der Waals surface area contributed by atoms with Crippen LogP contribution in [0.2, 0.25) is 0 Å². The van der Waals surface area contributed by atoms with Crippen LogP contribution in [0.3, 0.4) is 0 Å². The van der Waals surface area contributed by atoms with Gasteiger partial charge in [0.1, 0.15) is 0 Å². The summed E-state index contributed by atoms with van der Waals surface area (Å²) in [4.78, 5) is 35.5. The third-order valence-corrected chi connectivity index (χ3v) is 3.94. The lowest BCUT2D eigenvalue weighted by atomic mass is 10.1. The topological polar surface area (TPSA) is 105 Å². The number of hydrogen-bond acceptors (Lipinski definition) is 5. The van der Waals surface area contributed by atoms with Gasteiger partial charge in [0, 0.05) is 29.2 Å². The molecule has 0 fully saturated rings. The summed E-state index contributed by atoms with van der Waals surface area (Å²) in [6, 6.07) is 3.78. The van der Waals surface area contributed by atoms with Crippen LogP contribution in [0.5, 0.6) is 0 Å². The lowest BCUT2D eigenvalue weighted by molar-refractivity contribution is -0.120. The average molecular weight is 340 g/mol. The highest BCUT2D eigenvalue weighted by molar-refractivity contribution is 5.77. The fraction of sp³-hybridized carbons (Fsp3) is 0.353. The Morgan fingerprint density at radius 3 is 2.68 bits per heavy atom. The summed E-state index contributed by atoms with van der Waals surface area (Å²) in [6.07, 6.45) is 0.0324. The van der Waals surface area contributed by atoms with Crippen LogP contribution < -0.4 is 10.9 Å². The number of carbonyl (C=O) groups excluding carboxylic acids is 1. The number of nitrogens with zero attached hydrogens (tertiary/aromatic N) is 4. The van der Waals surface area contributed by atoms with E-state index >= 15 is 0 Å². The fourth-order valence-electron chi connectivity index (χ4n) is 2.78. The van der Waals surface area contributed by atoms with Crippen molar-refractivity contribution in [2.45, 2.75) is 40.7 Å². The molecule has 130 valence electrons. The van der Waals surface area contributed by atoms with Crippen molar-refractivity contribution in [3.05, 3.63) is 56.5 Å². The summed E-state index contributed by atoms with van der Waals surface area (Å²) < 4.78 is 1.62. The largest absolute Gasteiger partial charge is 0.351 e. The Morgan fingerprint density at radius 1 is 1.20 bits per heavy atom. The second kappa shape index (κ2) is 6.46. The number of rotatable bonds is 4. The molecule has 0 atom stereocenters. The minimum atomic E-state index is -0.246. The van der Waals surface area contributed by atoms with Crippen molar-refractivity contribution in [1.29, 1.82) is 0 Å². The van der Waals surface area contributed by atoms with E-state index in [1.807, 2.05) is 39.8 Å². The summed E-state index contributed by atoms with van der Waals surface area (Å²) >= 11 is 0. The maximum atomic E-state index is 12.2. The number of nitrogens with one attached hydrogen (secondary N) is 2. The van der Waals surface area contributed by atoms with Crippen LogP contribution in [-0.4, -0.2) is 30.5 Å². The molecule has 0 spiro atoms. The van der Waals surface area contributed by atoms with E-state index in [1.165, 1.54) is 0 Å². The summed E-state index contributed by atoms with van der Waals surface area (Å²) in [5.41, 5.74) is 3.77. The van der Waals surface area contributed by atoms with Crippen LogP contribution >= 0.6 is 0 Å². The van der Waals surface area contributed by atoms with E-state index in [2.05, 4.69) is 25.4 Å². The monoisotopic (exact) mass is 340 g/mol. The zero-order valence-electron chi connectivity index (χ0n) is 14.7. The van der Waals surface area contributed by atoms with Gasteiger partial charge in [0.2, 0.25) is 5.91 Å². The minimum Gasteiger partial charge on any atom is -0.351 e. The first kappa shape index (κ1) is 16.8. The van der Waals surface area contributed by atoms with Crippen LogP contribution in [0.25, 0.3) is 5.78 Å². The van der Waals surface area contributed by atoms with E-state index in [9.17, 15) is 9.59 Å². The van der Waals surface area contributed by atoms with Gasteiger partial charge < -0.3 is 10.3 Å². The second-order valence-corrected chi connectivity index (χ2v) is 6.18. The number of fused-ring (bicyclic) bond motifs is 1. The Bertz CT molecular complexity index is 1020. The number of carbonyl (C=O) groups is 1. The molecule has 0 aromatic carbocycles. The van der Waals surface area contributed by atoms with Crippen molar-refractivity contribution in [3.63, 3.8) is 0 Å². The molecule has 0 saturated carbocycles. The van der Waals surface area contributed by atoms with Gasteiger partial charge in [-0.1, -0.05) is 0 Å². The molecule has 3 rings (SSSR count). The normalized spacial score (nSPS) is 11.0. The fourth-order valence-corrected chi connectivity index (χ4v) is 2.78. The Hall–Kier alpha value is -3.03. The van der Waals surface area contributed by atoms with Crippen LogP contribution in [0.1, 0.15) is 34.0 Å². The van der Waals surface area contributed by atoms with Crippen molar-refractivity contribution in [2.75, 3.05) is 0 Å². The van der Waals surface area contributed by atoms with E-state index in [4.69, 9.17) is 0 Å². The lowest BCUT2D eigenvalue weighted by Gasteiger charge is -2.07. The van der Waals surface area contributed by atoms with Gasteiger partial charge in [0.05, 0.1) is 6.42 Å². The molecule has 0 unspecified atom stereocenters. The molecule has 25 heavy (non-hydrogen) atoms. The Morgan fingerprint density at radius 2 is 1.96 bits per heavy atom. The number of hydrogen-bond donors (Lipinski definition) is 2. The third-order valence-electron chi connectivity index (χ3n) is 3.94. The smallest absolute Gasteiger partial charge is 0.253 e. The van der Waals surface area contributed by atoms with Crippen molar-refractivity contribution in [3.8, 4) is 0 Å². The molecule has 0 radical (unpaired) electrons. The maximum Gasteiger partial charge on any atom is 0.253 e. The van der Waals surface area contributed by atoms with Gasteiger partial charge in [-0.15, -0.1) is 5.10 Å². The molecule has 0 saturated heterocycles. The minimum absolute atomic E-state index is 0.0324. The van der Waals surface area contributed by atoms with Gasteiger partial charge >= 0.3 is 0 Å². The molecule has 8 nitrogen and oxygen atoms in total. The van der Waals surface area contributed by atoms with Crippen molar-refractivity contribution < 1.29 is 4.79 Å². The summed E-state index contributed by atoms with van der Waals surface area (Å²) in [7, 11) is 0. The molecule has 1 amide bonds. The molecular weight excluding hydrogens is 320 g/mol. The van der Waals surface area contributed by atoms with E-state index in [0.717, 1.165) is 22.6 Å². The van der Waals surface area contributed by atoms with Crippen LogP contribution in [0.4, 0.5) is 0 Å². The molecular formula is C17H20N6O2. The predicted octanol–water partition coefficient (Wildman–Crippen LogP) is 0.905. The highest BCUT2D eigenvalue weighted by Crippen LogP contribution is 2.06. The number of aromatic amines is 1. The second-order valence-electron chi connectivity index (χ2n) is 6.18. The van der Waals surface area contributed by atoms with Gasteiger partial charge in [0.25, 0.3) is 11.3 Å². The first-order chi connectivity index (χ1) is 11.8. The Kier molecular flexibility index (Phi) is 4.35. The number of aromatic nitrogens is 5. The summed E-state index contributed by atoms with van der Waals surface area (Å²) in [6.45, 7) is 7.64. The number of amides is 1. The van der Waals surface area contributed by atoms with Crippen LogP contribution in [0.15, 0.2) is 16.9 Å². The van der Waals surface area contributed by atoms with Crippen molar-refractivity contribution in [2.24, 2.45) is 0 Å². The summed E-state index contributed by atoms with van der Waals surface area (Å²) in [5, 5.41) is 7.06. The molecule has 0 bridgehead atoms. The summed E-state index contributed by atoms with van der Waals surface area (Å²) in [5.74, 6) is 0.629. The standard InChI is InChI=1S/C17H20N6O2/c1-9-5-10(2)19-16(25)13(9)8-18-15(24)7-14-21-17-20-11(3)6-12(4)23(17)22-14/h5-6H,7-8H2,1-4H3,(H,18,24)(H,19,25). The highest BCUT2D eigenvalue weighted by Gasteiger charge is 2.13. The molecule has 3 heterocycles. The van der Waals surface area contributed by atoms with Crippen LogP contribution in [-0.2, 0) is 17.8 Å². The number of aryl methyl sites for hydroxylation is 4.